The molecule has 1 aliphatic heterocycles. The number of hydrogen-bond donors (Lipinski definition) is 2. The molecule has 0 fully saturated rings. The number of carbonyl (C=O) groups excluding carboxylic acids is 1. The van der Waals surface area contributed by atoms with Gasteiger partial charge in [0.15, 0.2) is 5.82 Å². The number of thiophene rings is 1. The third-order valence-corrected chi connectivity index (χ3v) is 6.90. The minimum atomic E-state index is -0.379. The van der Waals surface area contributed by atoms with Crippen molar-refractivity contribution in [3.8, 4) is 11.4 Å². The van der Waals surface area contributed by atoms with Gasteiger partial charge in [0.2, 0.25) is 5.95 Å². The van der Waals surface area contributed by atoms with Crippen LogP contribution >= 0.6 is 11.3 Å². The number of amides is 1. The largest absolute Gasteiger partial charge is 0.328 e. The van der Waals surface area contributed by atoms with Crippen LogP contribution < -0.4 is 10.6 Å². The van der Waals surface area contributed by atoms with Crippen LogP contribution in [-0.4, -0.2) is 20.7 Å². The molecule has 7 heteroatoms. The zero-order valence-corrected chi connectivity index (χ0v) is 19.2. The highest BCUT2D eigenvalue weighted by Gasteiger charge is 2.35. The van der Waals surface area contributed by atoms with Crippen molar-refractivity contribution in [3.05, 3.63) is 106 Å². The van der Waals surface area contributed by atoms with Gasteiger partial charge in [-0.1, -0.05) is 66.7 Å². The second-order valence-electron chi connectivity index (χ2n) is 8.13. The van der Waals surface area contributed by atoms with E-state index in [9.17, 15) is 4.79 Å². The maximum atomic E-state index is 13.5. The van der Waals surface area contributed by atoms with E-state index in [-0.39, 0.29) is 11.9 Å². The van der Waals surface area contributed by atoms with E-state index in [1.165, 1.54) is 0 Å². The van der Waals surface area contributed by atoms with Crippen LogP contribution in [0.5, 0.6) is 0 Å². The minimum absolute atomic E-state index is 0.164. The molecule has 0 spiro atoms. The molecule has 2 N–H and O–H groups in total. The Bertz CT molecular complexity index is 1530. The Morgan fingerprint density at radius 1 is 0.971 bits per heavy atom. The molecule has 5 aromatic rings. The van der Waals surface area contributed by atoms with Crippen molar-refractivity contribution in [1.29, 1.82) is 0 Å². The standard InChI is InChI=1S/C27H21N5OS/c1-17-23(26(33)29-19-11-3-2-4-12-19)24(22-15-8-16-34-22)32-27(28-17)30-25(31-32)21-14-7-10-18-9-5-6-13-20(18)21/h2-16,24H,1H3,(H,29,33)(H,28,30,31). The molecule has 2 aromatic heterocycles. The zero-order chi connectivity index (χ0) is 23.1. The van der Waals surface area contributed by atoms with Crippen LogP contribution in [0.25, 0.3) is 22.2 Å². The van der Waals surface area contributed by atoms with Gasteiger partial charge in [-0.25, -0.2) is 4.68 Å². The van der Waals surface area contributed by atoms with Gasteiger partial charge >= 0.3 is 0 Å². The first-order valence-corrected chi connectivity index (χ1v) is 11.9. The Morgan fingerprint density at radius 2 is 1.76 bits per heavy atom. The molecule has 0 radical (unpaired) electrons. The van der Waals surface area contributed by atoms with E-state index in [0.717, 1.165) is 32.6 Å². The zero-order valence-electron chi connectivity index (χ0n) is 18.4. The van der Waals surface area contributed by atoms with E-state index in [1.54, 1.807) is 11.3 Å². The van der Waals surface area contributed by atoms with E-state index >= 15 is 0 Å². The van der Waals surface area contributed by atoms with Gasteiger partial charge in [-0.2, -0.15) is 4.98 Å². The Balaban J connectivity index is 1.46. The lowest BCUT2D eigenvalue weighted by atomic mass is 10.0. The van der Waals surface area contributed by atoms with Crippen molar-refractivity contribution < 1.29 is 4.79 Å². The molecule has 166 valence electrons. The molecule has 1 unspecified atom stereocenters. The smallest absolute Gasteiger partial charge is 0.255 e. The van der Waals surface area contributed by atoms with Gasteiger partial charge < -0.3 is 10.6 Å². The monoisotopic (exact) mass is 463 g/mol. The number of hydrogen-bond acceptors (Lipinski definition) is 5. The Labute approximate surface area is 200 Å². The highest BCUT2D eigenvalue weighted by molar-refractivity contribution is 7.10. The van der Waals surface area contributed by atoms with Crippen LogP contribution in [0.1, 0.15) is 17.8 Å². The Kier molecular flexibility index (Phi) is 4.96. The number of para-hydroxylation sites is 1. The average molecular weight is 464 g/mol. The summed E-state index contributed by atoms with van der Waals surface area (Å²) in [6.45, 7) is 1.91. The van der Waals surface area contributed by atoms with Gasteiger partial charge in [-0.15, -0.1) is 16.4 Å². The van der Waals surface area contributed by atoms with Gasteiger partial charge in [0.1, 0.15) is 6.04 Å². The second-order valence-corrected chi connectivity index (χ2v) is 9.11. The normalized spacial score (nSPS) is 15.1. The molecule has 0 aliphatic carbocycles. The predicted octanol–water partition coefficient (Wildman–Crippen LogP) is 6.09. The summed E-state index contributed by atoms with van der Waals surface area (Å²) in [6, 6.07) is 27.5. The van der Waals surface area contributed by atoms with Gasteiger partial charge in [0.25, 0.3) is 5.91 Å². The van der Waals surface area contributed by atoms with E-state index in [0.29, 0.717) is 17.3 Å². The van der Waals surface area contributed by atoms with Crippen LogP contribution in [-0.2, 0) is 4.79 Å². The summed E-state index contributed by atoms with van der Waals surface area (Å²) in [5, 5.41) is 15.5. The average Bonchev–Trinajstić information content (AvgIpc) is 3.53. The van der Waals surface area contributed by atoms with Crippen molar-refractivity contribution >= 4 is 39.7 Å². The highest BCUT2D eigenvalue weighted by atomic mass is 32.1. The molecule has 6 nitrogen and oxygen atoms in total. The van der Waals surface area contributed by atoms with E-state index in [2.05, 4.69) is 28.8 Å². The molecule has 1 aliphatic rings. The van der Waals surface area contributed by atoms with Gasteiger partial charge in [0.05, 0.1) is 5.57 Å². The minimum Gasteiger partial charge on any atom is -0.328 e. The number of carbonyl (C=O) groups is 1. The first-order valence-electron chi connectivity index (χ1n) is 11.0. The van der Waals surface area contributed by atoms with Crippen LogP contribution in [0.2, 0.25) is 0 Å². The number of allylic oxidation sites excluding steroid dienone is 1. The second kappa shape index (κ2) is 8.28. The lowest BCUT2D eigenvalue weighted by molar-refractivity contribution is -0.113. The lowest BCUT2D eigenvalue weighted by Crippen LogP contribution is -2.31. The fraction of sp³-hybridized carbons (Fsp3) is 0.0741. The quantitative estimate of drug-likeness (QED) is 0.338. The van der Waals surface area contributed by atoms with Crippen molar-refractivity contribution in [3.63, 3.8) is 0 Å². The van der Waals surface area contributed by atoms with Crippen LogP contribution in [0.15, 0.2) is 102 Å². The maximum absolute atomic E-state index is 13.5. The molecule has 0 saturated heterocycles. The van der Waals surface area contributed by atoms with E-state index in [4.69, 9.17) is 10.1 Å². The van der Waals surface area contributed by atoms with Crippen molar-refractivity contribution in [2.75, 3.05) is 10.6 Å². The number of rotatable bonds is 4. The SMILES string of the molecule is CC1=C(C(=O)Nc2ccccc2)C(c2cccs2)n2nc(-c3cccc4ccccc34)nc2N1. The third kappa shape index (κ3) is 3.47. The summed E-state index contributed by atoms with van der Waals surface area (Å²) in [5.74, 6) is 1.08. The number of fused-ring (bicyclic) bond motifs is 2. The number of nitrogens with one attached hydrogen (secondary N) is 2. The number of benzene rings is 3. The summed E-state index contributed by atoms with van der Waals surface area (Å²) < 4.78 is 1.83. The topological polar surface area (TPSA) is 71.8 Å². The molecule has 3 aromatic carbocycles. The van der Waals surface area contributed by atoms with E-state index < -0.39 is 0 Å². The molecule has 3 heterocycles. The summed E-state index contributed by atoms with van der Waals surface area (Å²) in [6.07, 6.45) is 0. The molecule has 0 saturated carbocycles. The fourth-order valence-electron chi connectivity index (χ4n) is 4.41. The predicted molar refractivity (Wildman–Crippen MR) is 137 cm³/mol. The first-order chi connectivity index (χ1) is 16.7. The number of nitrogens with zero attached hydrogens (tertiary/aromatic N) is 3. The lowest BCUT2D eigenvalue weighted by Gasteiger charge is -2.27. The summed E-state index contributed by atoms with van der Waals surface area (Å²) in [7, 11) is 0. The molecule has 34 heavy (non-hydrogen) atoms. The summed E-state index contributed by atoms with van der Waals surface area (Å²) in [4.78, 5) is 19.3. The molecule has 6 rings (SSSR count). The van der Waals surface area contributed by atoms with Gasteiger partial charge in [-0.3, -0.25) is 4.79 Å². The van der Waals surface area contributed by atoms with Gasteiger partial charge in [0, 0.05) is 21.8 Å². The van der Waals surface area contributed by atoms with Crippen molar-refractivity contribution in [2.24, 2.45) is 0 Å². The molecule has 0 bridgehead atoms. The molecule has 1 amide bonds. The maximum Gasteiger partial charge on any atom is 0.255 e. The van der Waals surface area contributed by atoms with Crippen LogP contribution in [0.3, 0.4) is 0 Å². The summed E-state index contributed by atoms with van der Waals surface area (Å²) in [5.41, 5.74) is 3.09. The van der Waals surface area contributed by atoms with Crippen molar-refractivity contribution in [2.45, 2.75) is 13.0 Å². The van der Waals surface area contributed by atoms with Gasteiger partial charge in [-0.05, 0) is 41.3 Å². The number of aromatic nitrogens is 3. The molecular formula is C27H21N5OS. The third-order valence-electron chi connectivity index (χ3n) is 5.97. The Hall–Kier alpha value is -4.23. The van der Waals surface area contributed by atoms with Crippen molar-refractivity contribution in [1.82, 2.24) is 14.8 Å². The highest BCUT2D eigenvalue weighted by Crippen LogP contribution is 2.39. The van der Waals surface area contributed by atoms with E-state index in [1.807, 2.05) is 83.7 Å². The first kappa shape index (κ1) is 20.4. The summed E-state index contributed by atoms with van der Waals surface area (Å²) >= 11 is 1.60. The van der Waals surface area contributed by atoms with Crippen LogP contribution in [0, 0.1) is 0 Å². The molecule has 1 atom stereocenters. The van der Waals surface area contributed by atoms with Crippen LogP contribution in [0.4, 0.5) is 11.6 Å². The number of anilines is 2. The fourth-order valence-corrected chi connectivity index (χ4v) is 5.23. The molecular weight excluding hydrogens is 442 g/mol. The Morgan fingerprint density at radius 3 is 2.59 bits per heavy atom.